The Balaban J connectivity index is 2.33. The molecule has 0 aliphatic carbocycles. The fraction of sp³-hybridized carbons (Fsp3) is 0.538. The highest BCUT2D eigenvalue weighted by atomic mass is 35.5. The molecule has 0 spiro atoms. The molecule has 0 aromatic carbocycles. The average molecular weight is 334 g/mol. The van der Waals surface area contributed by atoms with Gasteiger partial charge in [-0.2, -0.15) is 0 Å². The van der Waals surface area contributed by atoms with Crippen LogP contribution in [0.15, 0.2) is 12.3 Å². The van der Waals surface area contributed by atoms with Crippen LogP contribution < -0.4 is 0 Å². The molecule has 7 heteroatoms. The lowest BCUT2D eigenvalue weighted by Crippen LogP contribution is -2.14. The molecule has 4 nitrogen and oxygen atoms in total. The Labute approximate surface area is 131 Å². The van der Waals surface area contributed by atoms with Crippen LogP contribution in [0, 0.1) is 0 Å². The van der Waals surface area contributed by atoms with Crippen LogP contribution >= 0.6 is 23.2 Å². The Bertz CT molecular complexity index is 629. The predicted molar refractivity (Wildman–Crippen MR) is 85.1 cm³/mol. The van der Waals surface area contributed by atoms with Crippen molar-refractivity contribution in [3.05, 3.63) is 23.1 Å². The van der Waals surface area contributed by atoms with Crippen molar-refractivity contribution in [2.45, 2.75) is 31.6 Å². The molecule has 110 valence electrons. The lowest BCUT2D eigenvalue weighted by Gasteiger charge is -2.11. The number of rotatable bonds is 6. The molecule has 0 aliphatic heterocycles. The van der Waals surface area contributed by atoms with Gasteiger partial charge in [0.15, 0.2) is 5.65 Å². The molecule has 0 saturated heterocycles. The average Bonchev–Trinajstić information content (AvgIpc) is 2.72. The van der Waals surface area contributed by atoms with Crippen LogP contribution in [0.4, 0.5) is 0 Å². The molecule has 0 aliphatic rings. The summed E-state index contributed by atoms with van der Waals surface area (Å²) in [6.45, 7) is 2.72. The minimum absolute atomic E-state index is 0.142. The van der Waals surface area contributed by atoms with Gasteiger partial charge in [-0.3, -0.25) is 4.21 Å². The predicted octanol–water partition coefficient (Wildman–Crippen LogP) is 3.02. The highest BCUT2D eigenvalue weighted by molar-refractivity contribution is 7.84. The third-order valence-corrected chi connectivity index (χ3v) is 5.04. The summed E-state index contributed by atoms with van der Waals surface area (Å²) in [5.41, 5.74) is 1.59. The normalized spacial score (nSPS) is 14.6. The quantitative estimate of drug-likeness (QED) is 0.763. The third kappa shape index (κ3) is 3.51. The zero-order valence-corrected chi connectivity index (χ0v) is 13.8. The second-order valence-electron chi connectivity index (χ2n) is 4.71. The number of nitrogens with zero attached hydrogens (tertiary/aromatic N) is 3. The van der Waals surface area contributed by atoms with Gasteiger partial charge in [0.05, 0.1) is 5.02 Å². The maximum atomic E-state index is 11.5. The van der Waals surface area contributed by atoms with E-state index in [2.05, 4.69) is 14.5 Å². The molecule has 0 amide bonds. The van der Waals surface area contributed by atoms with E-state index in [-0.39, 0.29) is 5.25 Å². The van der Waals surface area contributed by atoms with E-state index in [4.69, 9.17) is 23.2 Å². The first-order valence-corrected chi connectivity index (χ1v) is 8.95. The zero-order valence-electron chi connectivity index (χ0n) is 11.5. The van der Waals surface area contributed by atoms with Gasteiger partial charge >= 0.3 is 0 Å². The number of fused-ring (bicyclic) bond motifs is 1. The molecular formula is C13H17Cl2N3OS. The van der Waals surface area contributed by atoms with Crippen LogP contribution in [0.2, 0.25) is 5.02 Å². The highest BCUT2D eigenvalue weighted by Gasteiger charge is 2.14. The third-order valence-electron chi connectivity index (χ3n) is 3.27. The molecule has 2 rings (SSSR count). The van der Waals surface area contributed by atoms with E-state index >= 15 is 0 Å². The van der Waals surface area contributed by atoms with Crippen molar-refractivity contribution in [3.63, 3.8) is 0 Å². The number of imidazole rings is 1. The van der Waals surface area contributed by atoms with Gasteiger partial charge in [0.2, 0.25) is 0 Å². The van der Waals surface area contributed by atoms with Gasteiger partial charge in [-0.05, 0) is 12.5 Å². The minimum atomic E-state index is -0.821. The number of aryl methyl sites for hydroxylation is 2. The van der Waals surface area contributed by atoms with Crippen molar-refractivity contribution in [3.8, 4) is 0 Å². The van der Waals surface area contributed by atoms with E-state index in [1.165, 1.54) is 0 Å². The van der Waals surface area contributed by atoms with Crippen molar-refractivity contribution in [1.82, 2.24) is 14.5 Å². The molecule has 2 heterocycles. The summed E-state index contributed by atoms with van der Waals surface area (Å²) < 4.78 is 13.5. The lowest BCUT2D eigenvalue weighted by molar-refractivity contribution is 0.608. The second kappa shape index (κ2) is 6.87. The zero-order chi connectivity index (χ0) is 14.7. The molecule has 0 N–H and O–H groups in total. The first-order chi connectivity index (χ1) is 9.52. The summed E-state index contributed by atoms with van der Waals surface area (Å²) in [5.74, 6) is 1.41. The number of aromatic nitrogens is 3. The van der Waals surface area contributed by atoms with E-state index in [1.54, 1.807) is 18.5 Å². The Morgan fingerprint density at radius 1 is 1.50 bits per heavy atom. The molecule has 0 fully saturated rings. The Kier molecular flexibility index (Phi) is 5.41. The summed E-state index contributed by atoms with van der Waals surface area (Å²) >= 11 is 11.8. The number of pyridine rings is 1. The summed E-state index contributed by atoms with van der Waals surface area (Å²) in [6, 6.07) is 1.81. The van der Waals surface area contributed by atoms with Crippen LogP contribution in [0.1, 0.15) is 19.2 Å². The molecule has 2 aromatic rings. The minimum Gasteiger partial charge on any atom is -0.313 e. The number of hydrogen-bond acceptors (Lipinski definition) is 3. The van der Waals surface area contributed by atoms with E-state index in [0.717, 1.165) is 30.0 Å². The summed E-state index contributed by atoms with van der Waals surface area (Å²) in [6.07, 6.45) is 4.84. The first kappa shape index (κ1) is 15.7. The summed E-state index contributed by atoms with van der Waals surface area (Å²) in [4.78, 5) is 8.90. The van der Waals surface area contributed by atoms with E-state index < -0.39 is 10.8 Å². The number of hydrogen-bond donors (Lipinski definition) is 0. The summed E-state index contributed by atoms with van der Waals surface area (Å²) in [7, 11) is -0.821. The smallest absolute Gasteiger partial charge is 0.160 e. The van der Waals surface area contributed by atoms with Gasteiger partial charge in [-0.25, -0.2) is 9.97 Å². The maximum Gasteiger partial charge on any atom is 0.160 e. The molecule has 2 aromatic heterocycles. The first-order valence-electron chi connectivity index (χ1n) is 6.41. The monoisotopic (exact) mass is 333 g/mol. The molecular weight excluding hydrogens is 317 g/mol. The lowest BCUT2D eigenvalue weighted by atomic mass is 10.3. The van der Waals surface area contributed by atoms with Crippen molar-refractivity contribution in [2.24, 2.45) is 0 Å². The van der Waals surface area contributed by atoms with Gasteiger partial charge in [-0.1, -0.05) is 18.5 Å². The Hall–Kier alpha value is -0.650. The number of alkyl halides is 1. The Morgan fingerprint density at radius 2 is 2.25 bits per heavy atom. The van der Waals surface area contributed by atoms with Crippen LogP contribution in [0.25, 0.3) is 11.2 Å². The van der Waals surface area contributed by atoms with Crippen LogP contribution in [-0.4, -0.2) is 36.1 Å². The fourth-order valence-electron chi connectivity index (χ4n) is 2.02. The van der Waals surface area contributed by atoms with Gasteiger partial charge in [0.25, 0.3) is 0 Å². The van der Waals surface area contributed by atoms with Gasteiger partial charge in [-0.15, -0.1) is 11.6 Å². The van der Waals surface area contributed by atoms with Crippen LogP contribution in [0.3, 0.4) is 0 Å². The van der Waals surface area contributed by atoms with Gasteiger partial charge in [0, 0.05) is 47.3 Å². The summed E-state index contributed by atoms with van der Waals surface area (Å²) in [5, 5.41) is 0.714. The molecule has 0 saturated carbocycles. The standard InChI is InChI=1S/C13H17Cl2N3OS/c1-9(20(2)19)4-6-18-12(3-5-14)17-11-7-10(15)8-16-13(11)18/h7-9H,3-6H2,1-2H3. The SMILES string of the molecule is CC(CCn1c(CCCl)nc2cc(Cl)cnc21)S(C)=O. The maximum absolute atomic E-state index is 11.5. The van der Waals surface area contributed by atoms with Crippen molar-refractivity contribution in [1.29, 1.82) is 0 Å². The fourth-order valence-corrected chi connectivity index (χ4v) is 2.78. The largest absolute Gasteiger partial charge is 0.313 e. The molecule has 20 heavy (non-hydrogen) atoms. The molecule has 0 radical (unpaired) electrons. The highest BCUT2D eigenvalue weighted by Crippen LogP contribution is 2.19. The van der Waals surface area contributed by atoms with E-state index in [1.807, 2.05) is 6.92 Å². The van der Waals surface area contributed by atoms with Gasteiger partial charge in [0.1, 0.15) is 11.3 Å². The topological polar surface area (TPSA) is 47.8 Å². The van der Waals surface area contributed by atoms with Crippen LogP contribution in [0.5, 0.6) is 0 Å². The van der Waals surface area contributed by atoms with E-state index in [0.29, 0.717) is 17.3 Å². The molecule has 2 unspecified atom stereocenters. The second-order valence-corrected chi connectivity index (χ2v) is 7.33. The van der Waals surface area contributed by atoms with Crippen molar-refractivity contribution in [2.75, 3.05) is 12.1 Å². The molecule has 0 bridgehead atoms. The van der Waals surface area contributed by atoms with Crippen LogP contribution in [-0.2, 0) is 23.8 Å². The van der Waals surface area contributed by atoms with Crippen molar-refractivity contribution < 1.29 is 4.21 Å². The molecule has 2 atom stereocenters. The van der Waals surface area contributed by atoms with Gasteiger partial charge < -0.3 is 4.57 Å². The number of halogens is 2. The van der Waals surface area contributed by atoms with Crippen molar-refractivity contribution >= 4 is 45.2 Å². The van der Waals surface area contributed by atoms with E-state index in [9.17, 15) is 4.21 Å². The Morgan fingerprint density at radius 3 is 2.90 bits per heavy atom.